The highest BCUT2D eigenvalue weighted by molar-refractivity contribution is 6.33. The van der Waals surface area contributed by atoms with E-state index in [1.165, 1.54) is 60.9 Å². The quantitative estimate of drug-likeness (QED) is 0.0654. The third-order valence-electron chi connectivity index (χ3n) is 6.88. The molecular formula is C34H38Cl3N3O18. The van der Waals surface area contributed by atoms with Gasteiger partial charge in [-0.1, -0.05) is 55.6 Å². The van der Waals surface area contributed by atoms with E-state index in [-0.39, 0.29) is 73.2 Å². The Morgan fingerprint density at radius 1 is 0.552 bits per heavy atom. The lowest BCUT2D eigenvalue weighted by molar-refractivity contribution is -0.386. The molecule has 24 heteroatoms. The van der Waals surface area contributed by atoms with E-state index in [9.17, 15) is 44.7 Å². The van der Waals surface area contributed by atoms with E-state index < -0.39 is 50.8 Å². The van der Waals surface area contributed by atoms with Gasteiger partial charge < -0.3 is 42.6 Å². The van der Waals surface area contributed by atoms with Gasteiger partial charge in [0.2, 0.25) is 23.4 Å². The second kappa shape index (κ2) is 23.2. The fraction of sp³-hybridized carbons (Fsp3) is 0.382. The Morgan fingerprint density at radius 2 is 0.897 bits per heavy atom. The molecule has 21 nitrogen and oxygen atoms in total. The number of benzene rings is 3. The number of nitro groups is 3. The van der Waals surface area contributed by atoms with E-state index in [4.69, 9.17) is 68.0 Å². The lowest BCUT2D eigenvalue weighted by Crippen LogP contribution is -2.40. The van der Waals surface area contributed by atoms with Gasteiger partial charge in [0.05, 0.1) is 72.5 Å². The molecule has 3 aromatic carbocycles. The average Bonchev–Trinajstić information content (AvgIpc) is 3.18. The first-order chi connectivity index (χ1) is 27.1. The molecule has 0 saturated carbocycles. The molecule has 0 aromatic heterocycles. The molecule has 0 bridgehead atoms. The van der Waals surface area contributed by atoms with Crippen LogP contribution in [0.3, 0.4) is 0 Å². The summed E-state index contributed by atoms with van der Waals surface area (Å²) < 4.78 is 43.8. The molecule has 0 aliphatic heterocycles. The Kier molecular flexibility index (Phi) is 20.0. The molecule has 0 aliphatic carbocycles. The molecule has 0 saturated heterocycles. The molecule has 1 atom stereocenters. The van der Waals surface area contributed by atoms with Gasteiger partial charge >= 0.3 is 35.0 Å². The SMILES string of the molecule is COC(=O)C(Oc1cc(OC)c(Cl)cc1[N+](=O)[O-])C(C)(C)C.COC(=O)COc1cc(OC)c(Cl)cc1[N+](=O)[O-].COC(=O)COc1cc(OC)c([N+](=O)[O-])cc1Cl. The number of esters is 3. The smallest absolute Gasteiger partial charge is 0.347 e. The number of hydrogen-bond donors (Lipinski definition) is 0. The highest BCUT2D eigenvalue weighted by Gasteiger charge is 2.36. The van der Waals surface area contributed by atoms with Crippen molar-refractivity contribution in [2.24, 2.45) is 5.41 Å². The van der Waals surface area contributed by atoms with Crippen molar-refractivity contribution in [2.75, 3.05) is 55.9 Å². The molecule has 0 spiro atoms. The summed E-state index contributed by atoms with van der Waals surface area (Å²) in [5, 5.41) is 32.8. The molecule has 0 N–H and O–H groups in total. The molecule has 3 aromatic rings. The van der Waals surface area contributed by atoms with Crippen LogP contribution in [0.5, 0.6) is 34.5 Å². The molecule has 0 aliphatic rings. The van der Waals surface area contributed by atoms with E-state index in [1.807, 2.05) is 0 Å². The van der Waals surface area contributed by atoms with Crippen molar-refractivity contribution in [1.82, 2.24) is 0 Å². The van der Waals surface area contributed by atoms with Crippen LogP contribution in [-0.2, 0) is 28.6 Å². The van der Waals surface area contributed by atoms with Crippen molar-refractivity contribution in [3.8, 4) is 34.5 Å². The van der Waals surface area contributed by atoms with E-state index in [2.05, 4.69) is 9.47 Å². The lowest BCUT2D eigenvalue weighted by Gasteiger charge is -2.28. The summed E-state index contributed by atoms with van der Waals surface area (Å²) in [6.07, 6.45) is -1.03. The Labute approximate surface area is 345 Å². The van der Waals surface area contributed by atoms with Crippen LogP contribution in [0, 0.1) is 35.8 Å². The van der Waals surface area contributed by atoms with Crippen LogP contribution < -0.4 is 28.4 Å². The minimum atomic E-state index is -1.03. The van der Waals surface area contributed by atoms with Gasteiger partial charge in [0.1, 0.15) is 17.2 Å². The minimum Gasteiger partial charge on any atom is -0.495 e. The Bertz CT molecular complexity index is 1970. The number of nitrogens with zero attached hydrogens (tertiary/aromatic N) is 3. The predicted molar refractivity (Wildman–Crippen MR) is 205 cm³/mol. The van der Waals surface area contributed by atoms with Gasteiger partial charge in [0.15, 0.2) is 13.2 Å². The number of ether oxygens (including phenoxy) is 9. The molecule has 0 radical (unpaired) electrons. The van der Waals surface area contributed by atoms with Crippen LogP contribution in [-0.4, -0.2) is 94.7 Å². The zero-order valence-corrected chi connectivity index (χ0v) is 34.5. The van der Waals surface area contributed by atoms with Crippen molar-refractivity contribution >= 4 is 69.8 Å². The van der Waals surface area contributed by atoms with Gasteiger partial charge in [0.25, 0.3) is 0 Å². The zero-order chi connectivity index (χ0) is 44.5. The number of methoxy groups -OCH3 is 6. The largest absolute Gasteiger partial charge is 0.495 e. The maximum Gasteiger partial charge on any atom is 0.347 e. The van der Waals surface area contributed by atoms with Crippen molar-refractivity contribution in [3.63, 3.8) is 0 Å². The van der Waals surface area contributed by atoms with Gasteiger partial charge in [-0.15, -0.1) is 0 Å². The zero-order valence-electron chi connectivity index (χ0n) is 32.3. The van der Waals surface area contributed by atoms with Crippen LogP contribution in [0.1, 0.15) is 20.8 Å². The average molecular weight is 883 g/mol. The number of halogens is 3. The van der Waals surface area contributed by atoms with E-state index in [0.717, 1.165) is 18.2 Å². The fourth-order valence-corrected chi connectivity index (χ4v) is 4.68. The molecule has 0 fully saturated rings. The van der Waals surface area contributed by atoms with Crippen molar-refractivity contribution in [2.45, 2.75) is 26.9 Å². The van der Waals surface area contributed by atoms with Crippen LogP contribution in [0.2, 0.25) is 15.1 Å². The first kappa shape index (κ1) is 50.0. The van der Waals surface area contributed by atoms with Gasteiger partial charge in [0, 0.05) is 41.8 Å². The Morgan fingerprint density at radius 3 is 1.26 bits per heavy atom. The highest BCUT2D eigenvalue weighted by atomic mass is 35.5. The van der Waals surface area contributed by atoms with Crippen molar-refractivity contribution in [3.05, 3.63) is 81.8 Å². The summed E-state index contributed by atoms with van der Waals surface area (Å²) in [5.41, 5.74) is -1.63. The molecule has 0 amide bonds. The van der Waals surface area contributed by atoms with Gasteiger partial charge in [-0.2, -0.15) is 0 Å². The third-order valence-corrected chi connectivity index (χ3v) is 7.77. The molecular weight excluding hydrogens is 845 g/mol. The second-order valence-corrected chi connectivity index (χ2v) is 13.0. The van der Waals surface area contributed by atoms with Gasteiger partial charge in [-0.25, -0.2) is 14.4 Å². The Hall–Kier alpha value is -6.06. The number of hydrogen-bond acceptors (Lipinski definition) is 18. The summed E-state index contributed by atoms with van der Waals surface area (Å²) >= 11 is 17.4. The highest BCUT2D eigenvalue weighted by Crippen LogP contribution is 2.40. The standard InChI is InChI=1S/C14H18ClNO6.2C10H10ClNO6/c1-14(2,3)12(13(17)21-5)22-11-7-10(20-4)8(15)6-9(11)16(18)19;1-16-9-4-8(18-5-10(13)17-2)6(11)3-7(9)12(14)15;1-16-8-4-9(18-5-10(13)17-2)7(12(14)15)3-6(8)11/h6-7,12H,1-5H3;2*3-4H,5H2,1-2H3. The Balaban J connectivity index is 0.000000438. The molecule has 0 heterocycles. The van der Waals surface area contributed by atoms with E-state index >= 15 is 0 Å². The second-order valence-electron chi connectivity index (χ2n) is 11.8. The number of rotatable bonds is 15. The maximum absolute atomic E-state index is 11.9. The van der Waals surface area contributed by atoms with E-state index in [0.29, 0.717) is 0 Å². The van der Waals surface area contributed by atoms with Crippen molar-refractivity contribution in [1.29, 1.82) is 0 Å². The third kappa shape index (κ3) is 14.8. The van der Waals surface area contributed by atoms with Gasteiger partial charge in [-0.05, 0) is 0 Å². The molecule has 318 valence electrons. The lowest BCUT2D eigenvalue weighted by atomic mass is 9.89. The first-order valence-corrected chi connectivity index (χ1v) is 16.9. The summed E-state index contributed by atoms with van der Waals surface area (Å²) in [4.78, 5) is 64.4. The van der Waals surface area contributed by atoms with Crippen LogP contribution >= 0.6 is 34.8 Å². The summed E-state index contributed by atoms with van der Waals surface area (Å²) in [5.74, 6) is -1.60. The fourth-order valence-electron chi connectivity index (χ4n) is 4.00. The maximum atomic E-state index is 11.9. The van der Waals surface area contributed by atoms with Gasteiger partial charge in [-0.3, -0.25) is 30.3 Å². The summed E-state index contributed by atoms with van der Waals surface area (Å²) in [6, 6.07) is 7.06. The minimum absolute atomic E-state index is 0.00593. The normalized spacial score (nSPS) is 10.8. The van der Waals surface area contributed by atoms with Crippen molar-refractivity contribution < 1.29 is 71.8 Å². The van der Waals surface area contributed by atoms with E-state index in [1.54, 1.807) is 20.8 Å². The molecule has 58 heavy (non-hydrogen) atoms. The monoisotopic (exact) mass is 881 g/mol. The molecule has 1 unspecified atom stereocenters. The number of nitro benzene ring substituents is 3. The summed E-state index contributed by atoms with van der Waals surface area (Å²) in [7, 11) is 7.63. The van der Waals surface area contributed by atoms with Crippen LogP contribution in [0.25, 0.3) is 0 Å². The summed E-state index contributed by atoms with van der Waals surface area (Å²) in [6.45, 7) is 4.48. The number of carbonyl (C=O) groups is 3. The van der Waals surface area contributed by atoms with Crippen LogP contribution in [0.4, 0.5) is 17.1 Å². The number of carbonyl (C=O) groups excluding carboxylic acids is 3. The first-order valence-electron chi connectivity index (χ1n) is 15.8. The topological polar surface area (TPSA) is 264 Å². The van der Waals surface area contributed by atoms with Crippen LogP contribution in [0.15, 0.2) is 36.4 Å². The predicted octanol–water partition coefficient (Wildman–Crippen LogP) is 6.84. The molecule has 3 rings (SSSR count).